The SMILES string of the molecule is COc1ccc(N(CC(=O)N(Cc2c(Cl)cccc2Cl)C(C)C(=O)NC2CCCCC2)S(=O)(=O)c2ccc(C)cc2)cc1OC. The van der Waals surface area contributed by atoms with Gasteiger partial charge in [0.1, 0.15) is 12.6 Å². The average molecular weight is 677 g/mol. The molecule has 0 aliphatic heterocycles. The van der Waals surface area contributed by atoms with Crippen molar-refractivity contribution >= 4 is 50.7 Å². The monoisotopic (exact) mass is 675 g/mol. The van der Waals surface area contributed by atoms with E-state index in [2.05, 4.69) is 5.32 Å². The summed E-state index contributed by atoms with van der Waals surface area (Å²) < 4.78 is 40.1. The third kappa shape index (κ3) is 8.23. The summed E-state index contributed by atoms with van der Waals surface area (Å²) in [6.45, 7) is 2.75. The van der Waals surface area contributed by atoms with Gasteiger partial charge in [0, 0.05) is 34.3 Å². The third-order valence-electron chi connectivity index (χ3n) is 8.05. The molecule has 45 heavy (non-hydrogen) atoms. The van der Waals surface area contributed by atoms with Gasteiger partial charge in [-0.05, 0) is 63.1 Å². The number of anilines is 1. The molecule has 1 N–H and O–H groups in total. The largest absolute Gasteiger partial charge is 0.493 e. The smallest absolute Gasteiger partial charge is 0.264 e. The molecule has 0 heterocycles. The van der Waals surface area contributed by atoms with E-state index < -0.39 is 28.5 Å². The first kappa shape index (κ1) is 34.4. The molecule has 9 nitrogen and oxygen atoms in total. The van der Waals surface area contributed by atoms with Gasteiger partial charge in [-0.25, -0.2) is 8.42 Å². The van der Waals surface area contributed by atoms with Crippen LogP contribution < -0.4 is 19.1 Å². The molecule has 0 saturated heterocycles. The molecule has 3 aromatic rings. The Bertz CT molecular complexity index is 1590. The first-order valence-corrected chi connectivity index (χ1v) is 17.0. The summed E-state index contributed by atoms with van der Waals surface area (Å²) >= 11 is 13.0. The van der Waals surface area contributed by atoms with Crippen molar-refractivity contribution in [1.29, 1.82) is 0 Å². The number of nitrogens with one attached hydrogen (secondary N) is 1. The van der Waals surface area contributed by atoms with E-state index >= 15 is 0 Å². The van der Waals surface area contributed by atoms with E-state index in [1.807, 2.05) is 6.92 Å². The fourth-order valence-corrected chi connectivity index (χ4v) is 7.27. The second-order valence-corrected chi connectivity index (χ2v) is 13.8. The Morgan fingerprint density at radius 1 is 0.933 bits per heavy atom. The molecule has 12 heteroatoms. The van der Waals surface area contributed by atoms with E-state index in [0.29, 0.717) is 21.4 Å². The number of amides is 2. The van der Waals surface area contributed by atoms with Crippen LogP contribution in [0.5, 0.6) is 11.5 Å². The second-order valence-electron chi connectivity index (χ2n) is 11.1. The number of halogens is 2. The van der Waals surface area contributed by atoms with Crippen LogP contribution in [-0.4, -0.2) is 58.0 Å². The minimum Gasteiger partial charge on any atom is -0.493 e. The standard InChI is InChI=1S/C33H39Cl2N3O6S/c1-22-13-16-26(17-14-22)45(41,42)38(25-15-18-30(43-3)31(19-25)44-4)21-32(39)37(20-27-28(34)11-8-12-29(27)35)23(2)33(40)36-24-9-6-5-7-10-24/h8,11-19,23-24H,5-7,9-10,20-21H2,1-4H3,(H,36,40). The van der Waals surface area contributed by atoms with E-state index in [-0.39, 0.29) is 34.8 Å². The molecule has 242 valence electrons. The molecule has 1 atom stereocenters. The molecule has 1 aliphatic rings. The van der Waals surface area contributed by atoms with E-state index in [9.17, 15) is 18.0 Å². The maximum absolute atomic E-state index is 14.3. The van der Waals surface area contributed by atoms with Gasteiger partial charge in [-0.3, -0.25) is 13.9 Å². The second kappa shape index (κ2) is 15.2. The van der Waals surface area contributed by atoms with Crippen molar-refractivity contribution in [1.82, 2.24) is 10.2 Å². The van der Waals surface area contributed by atoms with Crippen LogP contribution in [-0.2, 0) is 26.2 Å². The number of ether oxygens (including phenoxy) is 2. The number of methoxy groups -OCH3 is 2. The topological polar surface area (TPSA) is 105 Å². The molecular formula is C33H39Cl2N3O6S. The summed E-state index contributed by atoms with van der Waals surface area (Å²) in [5, 5.41) is 3.73. The number of benzene rings is 3. The first-order chi connectivity index (χ1) is 21.5. The number of aryl methyl sites for hydroxylation is 1. The Balaban J connectivity index is 1.75. The molecule has 0 radical (unpaired) electrons. The molecule has 1 aliphatic carbocycles. The van der Waals surface area contributed by atoms with Crippen LogP contribution in [0.4, 0.5) is 5.69 Å². The van der Waals surface area contributed by atoms with Crippen LogP contribution in [0, 0.1) is 6.92 Å². The zero-order valence-corrected chi connectivity index (χ0v) is 28.2. The Hall–Kier alpha value is -3.47. The molecular weight excluding hydrogens is 637 g/mol. The minimum absolute atomic E-state index is 0.000488. The fraction of sp³-hybridized carbons (Fsp3) is 0.394. The highest BCUT2D eigenvalue weighted by molar-refractivity contribution is 7.92. The summed E-state index contributed by atoms with van der Waals surface area (Å²) in [5.74, 6) is -0.282. The molecule has 0 aromatic heterocycles. The van der Waals surface area contributed by atoms with Crippen molar-refractivity contribution < 1.29 is 27.5 Å². The molecule has 1 fully saturated rings. The molecule has 4 rings (SSSR count). The van der Waals surface area contributed by atoms with Gasteiger partial charge in [-0.2, -0.15) is 0 Å². The van der Waals surface area contributed by atoms with Crippen molar-refractivity contribution in [3.8, 4) is 11.5 Å². The predicted molar refractivity (Wildman–Crippen MR) is 177 cm³/mol. The highest BCUT2D eigenvalue weighted by Gasteiger charge is 2.34. The highest BCUT2D eigenvalue weighted by atomic mass is 35.5. The Morgan fingerprint density at radius 3 is 2.16 bits per heavy atom. The lowest BCUT2D eigenvalue weighted by Crippen LogP contribution is -2.53. The zero-order chi connectivity index (χ0) is 32.7. The molecule has 0 bridgehead atoms. The predicted octanol–water partition coefficient (Wildman–Crippen LogP) is 6.38. The number of hydrogen-bond acceptors (Lipinski definition) is 6. The lowest BCUT2D eigenvalue weighted by Gasteiger charge is -2.33. The van der Waals surface area contributed by atoms with E-state index in [4.69, 9.17) is 32.7 Å². The third-order valence-corrected chi connectivity index (χ3v) is 10.5. The van der Waals surface area contributed by atoms with Crippen LogP contribution >= 0.6 is 23.2 Å². The van der Waals surface area contributed by atoms with Crippen molar-refractivity contribution in [2.45, 2.75) is 69.5 Å². The fourth-order valence-electron chi connectivity index (χ4n) is 5.35. The van der Waals surface area contributed by atoms with Gasteiger partial charge in [0.25, 0.3) is 10.0 Å². The Morgan fingerprint density at radius 2 is 1.56 bits per heavy atom. The Labute approximate surface area is 275 Å². The molecule has 1 saturated carbocycles. The quantitative estimate of drug-likeness (QED) is 0.239. The minimum atomic E-state index is -4.27. The van der Waals surface area contributed by atoms with Gasteiger partial charge in [0.15, 0.2) is 11.5 Å². The molecule has 3 aromatic carbocycles. The number of hydrogen-bond donors (Lipinski definition) is 1. The maximum atomic E-state index is 14.3. The van der Waals surface area contributed by atoms with Crippen LogP contribution in [0.1, 0.15) is 50.2 Å². The summed E-state index contributed by atoms with van der Waals surface area (Å²) in [6, 6.07) is 15.0. The van der Waals surface area contributed by atoms with Crippen molar-refractivity contribution in [2.75, 3.05) is 25.1 Å². The number of carbonyl (C=O) groups is 2. The normalized spacial score (nSPS) is 14.4. The summed E-state index contributed by atoms with van der Waals surface area (Å²) in [4.78, 5) is 29.2. The van der Waals surface area contributed by atoms with Crippen LogP contribution in [0.2, 0.25) is 10.0 Å². The van der Waals surface area contributed by atoms with Crippen LogP contribution in [0.3, 0.4) is 0 Å². The molecule has 0 spiro atoms. The van der Waals surface area contributed by atoms with E-state index in [1.165, 1.54) is 43.4 Å². The highest BCUT2D eigenvalue weighted by Crippen LogP contribution is 2.34. The zero-order valence-electron chi connectivity index (χ0n) is 25.9. The summed E-state index contributed by atoms with van der Waals surface area (Å²) in [5.41, 5.74) is 1.51. The number of nitrogens with zero attached hydrogens (tertiary/aromatic N) is 2. The van der Waals surface area contributed by atoms with E-state index in [1.54, 1.807) is 43.3 Å². The van der Waals surface area contributed by atoms with Gasteiger partial charge in [-0.15, -0.1) is 0 Å². The first-order valence-electron chi connectivity index (χ1n) is 14.8. The van der Waals surface area contributed by atoms with E-state index in [0.717, 1.165) is 42.0 Å². The van der Waals surface area contributed by atoms with Crippen molar-refractivity contribution in [3.05, 3.63) is 81.8 Å². The number of rotatable bonds is 12. The number of sulfonamides is 1. The van der Waals surface area contributed by atoms with Crippen LogP contribution in [0.25, 0.3) is 0 Å². The number of carbonyl (C=O) groups excluding carboxylic acids is 2. The maximum Gasteiger partial charge on any atom is 0.264 e. The molecule has 1 unspecified atom stereocenters. The van der Waals surface area contributed by atoms with Crippen molar-refractivity contribution in [3.63, 3.8) is 0 Å². The summed E-state index contributed by atoms with van der Waals surface area (Å²) in [7, 11) is -1.36. The summed E-state index contributed by atoms with van der Waals surface area (Å²) in [6.07, 6.45) is 4.90. The lowest BCUT2D eigenvalue weighted by molar-refractivity contribution is -0.139. The van der Waals surface area contributed by atoms with Crippen molar-refractivity contribution in [2.24, 2.45) is 0 Å². The Kier molecular flexibility index (Phi) is 11.6. The molecule has 2 amide bonds. The van der Waals surface area contributed by atoms with Gasteiger partial charge >= 0.3 is 0 Å². The van der Waals surface area contributed by atoms with Crippen LogP contribution in [0.15, 0.2) is 65.6 Å². The average Bonchev–Trinajstić information content (AvgIpc) is 3.03. The van der Waals surface area contributed by atoms with Gasteiger partial charge in [0.05, 0.1) is 24.8 Å². The van der Waals surface area contributed by atoms with Gasteiger partial charge in [0.2, 0.25) is 11.8 Å². The lowest BCUT2D eigenvalue weighted by atomic mass is 9.95. The van der Waals surface area contributed by atoms with Gasteiger partial charge in [-0.1, -0.05) is 66.2 Å². The van der Waals surface area contributed by atoms with Gasteiger partial charge < -0.3 is 19.7 Å².